The van der Waals surface area contributed by atoms with E-state index >= 15 is 0 Å². The Hall–Kier alpha value is -2.19. The third-order valence-corrected chi connectivity index (χ3v) is 9.59. The standard InChI is InChI=1S/C44H81NO7/c1-6-8-10-12-14-16-18-19-20-21-22-23-24-25-27-29-31-33-35-43(47)52-40(38-50-37-36-41(44(48)49)45(3,4)5)39-51-42(46)34-32-30-28-26-17-15-13-11-9-7-2/h16,18,20-21,40-41H,6-15,17,19,22-39H2,1-5H3/b18-16-,21-20-. The van der Waals surface area contributed by atoms with Crippen LogP contribution in [-0.2, 0) is 28.6 Å². The number of carboxylic acids is 1. The molecule has 304 valence electrons. The Morgan fingerprint density at radius 2 is 1.02 bits per heavy atom. The first-order valence-electron chi connectivity index (χ1n) is 21.4. The van der Waals surface area contributed by atoms with E-state index in [1.165, 1.54) is 103 Å². The number of hydrogen-bond acceptors (Lipinski definition) is 7. The highest BCUT2D eigenvalue weighted by molar-refractivity contribution is 5.70. The molecule has 0 saturated carbocycles. The summed E-state index contributed by atoms with van der Waals surface area (Å²) >= 11 is 0. The van der Waals surface area contributed by atoms with Crippen molar-refractivity contribution in [1.29, 1.82) is 0 Å². The summed E-state index contributed by atoms with van der Waals surface area (Å²) in [7, 11) is 5.40. The van der Waals surface area contributed by atoms with E-state index in [-0.39, 0.29) is 42.7 Å². The maximum atomic E-state index is 12.7. The first-order chi connectivity index (χ1) is 25.1. The fraction of sp³-hybridized carbons (Fsp3) is 0.841. The van der Waals surface area contributed by atoms with Crippen molar-refractivity contribution in [2.24, 2.45) is 0 Å². The number of carbonyl (C=O) groups is 3. The molecule has 0 heterocycles. The van der Waals surface area contributed by atoms with Gasteiger partial charge in [-0.15, -0.1) is 0 Å². The van der Waals surface area contributed by atoms with Gasteiger partial charge in [-0.1, -0.05) is 147 Å². The molecule has 0 bridgehead atoms. The van der Waals surface area contributed by atoms with Crippen LogP contribution in [0.25, 0.3) is 0 Å². The molecular weight excluding hydrogens is 654 g/mol. The van der Waals surface area contributed by atoms with Gasteiger partial charge in [0, 0.05) is 19.3 Å². The number of aliphatic carboxylic acids is 1. The minimum atomic E-state index is -1.13. The Morgan fingerprint density at radius 1 is 0.577 bits per heavy atom. The normalized spacial score (nSPS) is 13.2. The predicted octanol–water partition coefficient (Wildman–Crippen LogP) is 9.97. The topological polar surface area (TPSA) is 102 Å². The lowest BCUT2D eigenvalue weighted by molar-refractivity contribution is -0.889. The second kappa shape index (κ2) is 35.8. The van der Waals surface area contributed by atoms with Crippen molar-refractivity contribution >= 4 is 17.9 Å². The summed E-state index contributed by atoms with van der Waals surface area (Å²) in [5.41, 5.74) is 0. The van der Waals surface area contributed by atoms with Gasteiger partial charge in [-0.2, -0.15) is 0 Å². The fourth-order valence-corrected chi connectivity index (χ4v) is 6.22. The van der Waals surface area contributed by atoms with Crippen LogP contribution in [0.3, 0.4) is 0 Å². The molecule has 0 radical (unpaired) electrons. The number of esters is 2. The van der Waals surface area contributed by atoms with E-state index in [0.29, 0.717) is 12.8 Å². The van der Waals surface area contributed by atoms with Crippen LogP contribution in [-0.4, -0.2) is 75.5 Å². The Kier molecular flexibility index (Phi) is 34.3. The third kappa shape index (κ3) is 33.6. The van der Waals surface area contributed by atoms with Crippen molar-refractivity contribution in [2.75, 3.05) is 41.0 Å². The molecule has 8 nitrogen and oxygen atoms in total. The molecule has 0 aromatic carbocycles. The molecule has 0 amide bonds. The summed E-state index contributed by atoms with van der Waals surface area (Å²) in [4.78, 5) is 36.7. The highest BCUT2D eigenvalue weighted by Gasteiger charge is 2.25. The van der Waals surface area contributed by atoms with Crippen molar-refractivity contribution < 1.29 is 38.2 Å². The first kappa shape index (κ1) is 49.8. The largest absolute Gasteiger partial charge is 0.544 e. The van der Waals surface area contributed by atoms with Crippen molar-refractivity contribution in [2.45, 2.75) is 199 Å². The second-order valence-electron chi connectivity index (χ2n) is 15.6. The van der Waals surface area contributed by atoms with Crippen molar-refractivity contribution in [3.63, 3.8) is 0 Å². The van der Waals surface area contributed by atoms with Gasteiger partial charge in [0.25, 0.3) is 0 Å². The molecule has 0 spiro atoms. The van der Waals surface area contributed by atoms with Crippen LogP contribution in [0.5, 0.6) is 0 Å². The predicted molar refractivity (Wildman–Crippen MR) is 213 cm³/mol. The zero-order valence-electron chi connectivity index (χ0n) is 34.5. The minimum Gasteiger partial charge on any atom is -0.544 e. The molecule has 0 aromatic heterocycles. The van der Waals surface area contributed by atoms with E-state index in [0.717, 1.165) is 51.4 Å². The van der Waals surface area contributed by atoms with Gasteiger partial charge in [-0.3, -0.25) is 9.59 Å². The molecular formula is C44H81NO7. The fourth-order valence-electron chi connectivity index (χ4n) is 6.22. The molecule has 0 aliphatic carbocycles. The van der Waals surface area contributed by atoms with Gasteiger partial charge in [0.15, 0.2) is 6.10 Å². The lowest BCUT2D eigenvalue weighted by atomic mass is 10.1. The van der Waals surface area contributed by atoms with Gasteiger partial charge >= 0.3 is 11.9 Å². The molecule has 2 atom stereocenters. The van der Waals surface area contributed by atoms with E-state index in [2.05, 4.69) is 38.2 Å². The summed E-state index contributed by atoms with van der Waals surface area (Å²) in [5, 5.41) is 11.6. The number of hydrogen-bond donors (Lipinski definition) is 0. The second-order valence-corrected chi connectivity index (χ2v) is 15.6. The molecule has 0 aromatic rings. The first-order valence-corrected chi connectivity index (χ1v) is 21.4. The number of ether oxygens (including phenoxy) is 3. The van der Waals surface area contributed by atoms with Gasteiger partial charge in [-0.05, 0) is 44.9 Å². The SMILES string of the molecule is CCCCCC/C=C\C/C=C\CCCCCCCCCC(=O)OC(COCCC(C(=O)[O-])[N+](C)(C)C)COC(=O)CCCCCCCCCCCC. The number of unbranched alkanes of at least 4 members (excludes halogenated alkanes) is 20. The number of likely N-dealkylation sites (N-methyl/N-ethyl adjacent to an activating group) is 1. The Bertz CT molecular complexity index is 911. The molecule has 8 heteroatoms. The highest BCUT2D eigenvalue weighted by Crippen LogP contribution is 2.14. The number of carboxylic acid groups (broad SMARTS) is 1. The van der Waals surface area contributed by atoms with Gasteiger partial charge in [0.2, 0.25) is 0 Å². The molecule has 0 fully saturated rings. The van der Waals surface area contributed by atoms with Crippen LogP contribution in [0.2, 0.25) is 0 Å². The molecule has 0 N–H and O–H groups in total. The molecule has 52 heavy (non-hydrogen) atoms. The number of nitrogens with zero attached hydrogens (tertiary/aromatic N) is 1. The molecule has 0 saturated heterocycles. The maximum Gasteiger partial charge on any atom is 0.306 e. The zero-order chi connectivity index (χ0) is 38.5. The Balaban J connectivity index is 4.33. The van der Waals surface area contributed by atoms with Gasteiger partial charge in [0.05, 0.1) is 40.3 Å². The lowest BCUT2D eigenvalue weighted by Crippen LogP contribution is -2.55. The average Bonchev–Trinajstić information content (AvgIpc) is 3.09. The zero-order valence-corrected chi connectivity index (χ0v) is 34.5. The van der Waals surface area contributed by atoms with E-state index in [1.807, 2.05) is 0 Å². The summed E-state index contributed by atoms with van der Waals surface area (Å²) in [6, 6.07) is -0.723. The van der Waals surface area contributed by atoms with E-state index in [1.54, 1.807) is 21.1 Å². The molecule has 0 aliphatic rings. The summed E-state index contributed by atoms with van der Waals surface area (Å²) < 4.78 is 17.1. The summed E-state index contributed by atoms with van der Waals surface area (Å²) in [6.07, 6.45) is 37.7. The highest BCUT2D eigenvalue weighted by atomic mass is 16.6. The van der Waals surface area contributed by atoms with Crippen LogP contribution in [0.15, 0.2) is 24.3 Å². The lowest BCUT2D eigenvalue weighted by Gasteiger charge is -2.34. The average molecular weight is 736 g/mol. The molecule has 0 aliphatic heterocycles. The minimum absolute atomic E-state index is 0.0409. The third-order valence-electron chi connectivity index (χ3n) is 9.59. The number of rotatable bonds is 38. The van der Waals surface area contributed by atoms with Crippen LogP contribution < -0.4 is 5.11 Å². The number of quaternary nitrogens is 1. The van der Waals surface area contributed by atoms with Crippen LogP contribution in [0, 0.1) is 0 Å². The number of allylic oxidation sites excluding steroid dienone is 4. The maximum absolute atomic E-state index is 12.7. The summed E-state index contributed by atoms with van der Waals surface area (Å²) in [5.74, 6) is -1.74. The van der Waals surface area contributed by atoms with Crippen LogP contribution >= 0.6 is 0 Å². The van der Waals surface area contributed by atoms with Crippen LogP contribution in [0.1, 0.15) is 187 Å². The van der Waals surface area contributed by atoms with Crippen LogP contribution in [0.4, 0.5) is 0 Å². The summed E-state index contributed by atoms with van der Waals surface area (Å²) in [6.45, 7) is 4.63. The van der Waals surface area contributed by atoms with E-state index in [9.17, 15) is 19.5 Å². The van der Waals surface area contributed by atoms with E-state index < -0.39 is 18.1 Å². The number of carbonyl (C=O) groups excluding carboxylic acids is 3. The smallest absolute Gasteiger partial charge is 0.306 e. The molecule has 2 unspecified atom stereocenters. The Morgan fingerprint density at radius 3 is 1.50 bits per heavy atom. The van der Waals surface area contributed by atoms with Crippen molar-refractivity contribution in [1.82, 2.24) is 0 Å². The van der Waals surface area contributed by atoms with Gasteiger partial charge < -0.3 is 28.6 Å². The van der Waals surface area contributed by atoms with Gasteiger partial charge in [0.1, 0.15) is 12.6 Å². The molecule has 0 rings (SSSR count). The monoisotopic (exact) mass is 736 g/mol. The van der Waals surface area contributed by atoms with Gasteiger partial charge in [-0.25, -0.2) is 0 Å². The van der Waals surface area contributed by atoms with E-state index in [4.69, 9.17) is 14.2 Å². The Labute approximate surface area is 320 Å². The quantitative estimate of drug-likeness (QED) is 0.0269. The van der Waals surface area contributed by atoms with Crippen molar-refractivity contribution in [3.05, 3.63) is 24.3 Å². The van der Waals surface area contributed by atoms with Crippen molar-refractivity contribution in [3.8, 4) is 0 Å².